The molecular weight excluding hydrogens is 434 g/mol. The van der Waals surface area contributed by atoms with Crippen molar-refractivity contribution < 1.29 is 9.53 Å². The number of ether oxygens (including phenoxy) is 1. The first-order valence-electron chi connectivity index (χ1n) is 12.6. The van der Waals surface area contributed by atoms with Gasteiger partial charge in [0.25, 0.3) is 0 Å². The lowest BCUT2D eigenvalue weighted by Gasteiger charge is -2.53. The first-order chi connectivity index (χ1) is 17.1. The Morgan fingerprint density at radius 1 is 0.857 bits per heavy atom. The summed E-state index contributed by atoms with van der Waals surface area (Å²) in [7, 11) is 1.74. The summed E-state index contributed by atoms with van der Waals surface area (Å²) in [4.78, 5) is 19.5. The molecule has 3 aromatic carbocycles. The molecule has 2 fully saturated rings. The predicted molar refractivity (Wildman–Crippen MR) is 140 cm³/mol. The third-order valence-corrected chi connectivity index (χ3v) is 7.60. The first kappa shape index (κ1) is 23.6. The van der Waals surface area contributed by atoms with Gasteiger partial charge in [-0.2, -0.15) is 0 Å². The van der Waals surface area contributed by atoms with Crippen LogP contribution in [-0.4, -0.2) is 72.5 Å². The van der Waals surface area contributed by atoms with Gasteiger partial charge in [-0.15, -0.1) is 0 Å². The molecule has 2 saturated heterocycles. The molecule has 35 heavy (non-hydrogen) atoms. The van der Waals surface area contributed by atoms with Crippen LogP contribution in [0, 0.1) is 0 Å². The van der Waals surface area contributed by atoms with Crippen LogP contribution >= 0.6 is 0 Å². The highest BCUT2D eigenvalue weighted by Crippen LogP contribution is 2.36. The molecule has 5 nitrogen and oxygen atoms in total. The summed E-state index contributed by atoms with van der Waals surface area (Å²) in [6.07, 6.45) is 0. The normalized spacial score (nSPS) is 21.1. The third-order valence-electron chi connectivity index (χ3n) is 7.60. The standard InChI is InChI=1S/C30H35N3O2/c1-23(34)32-17-18-33-27(21-32)20-31(19-26-15-9-10-16-29(26)35-2)22-28(33)30(24-11-5-3-6-12-24)25-13-7-4-8-14-25/h3-16,27-28,30H,17-22H2,1-2H3/t27-,28+/m1/s1. The maximum absolute atomic E-state index is 12.3. The Kier molecular flexibility index (Phi) is 7.16. The van der Waals surface area contributed by atoms with Crippen molar-refractivity contribution in [3.8, 4) is 5.75 Å². The molecule has 0 saturated carbocycles. The molecule has 0 unspecified atom stereocenters. The fourth-order valence-corrected chi connectivity index (χ4v) is 5.95. The van der Waals surface area contributed by atoms with Gasteiger partial charge in [-0.25, -0.2) is 0 Å². The van der Waals surface area contributed by atoms with Crippen molar-refractivity contribution in [3.63, 3.8) is 0 Å². The molecule has 3 aromatic rings. The monoisotopic (exact) mass is 469 g/mol. The highest BCUT2D eigenvalue weighted by atomic mass is 16.5. The third kappa shape index (κ3) is 5.12. The highest BCUT2D eigenvalue weighted by Gasteiger charge is 2.42. The molecule has 5 rings (SSSR count). The first-order valence-corrected chi connectivity index (χ1v) is 12.6. The number of carbonyl (C=O) groups is 1. The van der Waals surface area contributed by atoms with Crippen molar-refractivity contribution in [3.05, 3.63) is 102 Å². The average Bonchev–Trinajstić information content (AvgIpc) is 2.90. The summed E-state index contributed by atoms with van der Waals surface area (Å²) in [6, 6.07) is 30.7. The number of carbonyl (C=O) groups excluding carboxylic acids is 1. The van der Waals surface area contributed by atoms with Gasteiger partial charge < -0.3 is 9.64 Å². The van der Waals surface area contributed by atoms with Crippen LogP contribution in [0.2, 0.25) is 0 Å². The molecule has 2 heterocycles. The van der Waals surface area contributed by atoms with E-state index in [2.05, 4.69) is 82.6 Å². The number of piperazine rings is 2. The molecule has 2 atom stereocenters. The van der Waals surface area contributed by atoms with Crippen LogP contribution in [-0.2, 0) is 11.3 Å². The van der Waals surface area contributed by atoms with Crippen molar-refractivity contribution in [1.82, 2.24) is 14.7 Å². The van der Waals surface area contributed by atoms with Gasteiger partial charge in [-0.3, -0.25) is 14.6 Å². The number of methoxy groups -OCH3 is 1. The zero-order chi connectivity index (χ0) is 24.2. The van der Waals surface area contributed by atoms with Gasteiger partial charge in [-0.05, 0) is 17.2 Å². The number of rotatable bonds is 6. The fourth-order valence-electron chi connectivity index (χ4n) is 5.95. The fraction of sp³-hybridized carbons (Fsp3) is 0.367. The summed E-state index contributed by atoms with van der Waals surface area (Å²) in [5.74, 6) is 1.36. The van der Waals surface area contributed by atoms with Gasteiger partial charge in [-0.1, -0.05) is 78.9 Å². The molecule has 1 amide bonds. The average molecular weight is 470 g/mol. The largest absolute Gasteiger partial charge is 0.496 e. The van der Waals surface area contributed by atoms with Crippen molar-refractivity contribution in [1.29, 1.82) is 0 Å². The zero-order valence-electron chi connectivity index (χ0n) is 20.7. The molecule has 0 radical (unpaired) electrons. The second kappa shape index (κ2) is 10.6. The minimum atomic E-state index is 0.172. The predicted octanol–water partition coefficient (Wildman–Crippen LogP) is 4.24. The summed E-state index contributed by atoms with van der Waals surface area (Å²) in [6.45, 7) is 6.92. The van der Waals surface area contributed by atoms with Gasteiger partial charge >= 0.3 is 0 Å². The van der Waals surface area contributed by atoms with Crippen LogP contribution in [0.5, 0.6) is 5.75 Å². The van der Waals surface area contributed by atoms with E-state index in [1.165, 1.54) is 16.7 Å². The summed E-state index contributed by atoms with van der Waals surface area (Å²) < 4.78 is 5.66. The minimum absolute atomic E-state index is 0.172. The van der Waals surface area contributed by atoms with E-state index in [-0.39, 0.29) is 11.8 Å². The van der Waals surface area contributed by atoms with E-state index >= 15 is 0 Å². The van der Waals surface area contributed by atoms with Gasteiger partial charge in [0.15, 0.2) is 0 Å². The summed E-state index contributed by atoms with van der Waals surface area (Å²) in [5.41, 5.74) is 3.89. The van der Waals surface area contributed by atoms with Crippen molar-refractivity contribution >= 4 is 5.91 Å². The Morgan fingerprint density at radius 2 is 1.49 bits per heavy atom. The van der Waals surface area contributed by atoms with Crippen molar-refractivity contribution in [2.24, 2.45) is 0 Å². The molecule has 2 aliphatic rings. The van der Waals surface area contributed by atoms with Gasteiger partial charge in [0.1, 0.15) is 5.75 Å². The quantitative estimate of drug-likeness (QED) is 0.541. The lowest BCUT2D eigenvalue weighted by Crippen LogP contribution is -2.67. The van der Waals surface area contributed by atoms with E-state index < -0.39 is 0 Å². The SMILES string of the molecule is COc1ccccc1CN1C[C@@H]2CN(C(C)=O)CCN2[C@H](C(c2ccccc2)c2ccccc2)C1. The molecule has 0 bridgehead atoms. The number of hydrogen-bond donors (Lipinski definition) is 0. The number of benzene rings is 3. The van der Waals surface area contributed by atoms with Crippen molar-refractivity contribution in [2.75, 3.05) is 39.8 Å². The number of para-hydroxylation sites is 1. The van der Waals surface area contributed by atoms with Crippen LogP contribution in [0.25, 0.3) is 0 Å². The molecular formula is C30H35N3O2. The van der Waals surface area contributed by atoms with Crippen LogP contribution in [0.4, 0.5) is 0 Å². The highest BCUT2D eigenvalue weighted by molar-refractivity contribution is 5.73. The topological polar surface area (TPSA) is 36.0 Å². The Bertz CT molecular complexity index is 1080. The Balaban J connectivity index is 1.52. The number of nitrogens with zero attached hydrogens (tertiary/aromatic N) is 3. The Hall–Kier alpha value is -3.15. The molecule has 2 aliphatic heterocycles. The Labute approximate surface area is 208 Å². The van der Waals surface area contributed by atoms with E-state index in [1.807, 2.05) is 17.0 Å². The molecule has 0 N–H and O–H groups in total. The van der Waals surface area contributed by atoms with E-state index in [0.29, 0.717) is 12.1 Å². The van der Waals surface area contributed by atoms with Crippen LogP contribution in [0.3, 0.4) is 0 Å². The van der Waals surface area contributed by atoms with E-state index in [9.17, 15) is 4.79 Å². The smallest absolute Gasteiger partial charge is 0.219 e. The maximum Gasteiger partial charge on any atom is 0.219 e. The molecule has 0 spiro atoms. The zero-order valence-corrected chi connectivity index (χ0v) is 20.7. The second-order valence-electron chi connectivity index (χ2n) is 9.73. The second-order valence-corrected chi connectivity index (χ2v) is 9.73. The summed E-state index contributed by atoms with van der Waals surface area (Å²) in [5, 5.41) is 0. The van der Waals surface area contributed by atoms with E-state index in [1.54, 1.807) is 14.0 Å². The molecule has 0 aliphatic carbocycles. The lowest BCUT2D eigenvalue weighted by molar-refractivity contribution is -0.134. The number of amides is 1. The molecule has 5 heteroatoms. The summed E-state index contributed by atoms with van der Waals surface area (Å²) >= 11 is 0. The van der Waals surface area contributed by atoms with Crippen molar-refractivity contribution in [2.45, 2.75) is 31.5 Å². The minimum Gasteiger partial charge on any atom is -0.496 e. The molecule has 0 aromatic heterocycles. The van der Waals surface area contributed by atoms with Crippen LogP contribution in [0.1, 0.15) is 29.5 Å². The van der Waals surface area contributed by atoms with Crippen LogP contribution < -0.4 is 4.74 Å². The Morgan fingerprint density at radius 3 is 2.11 bits per heavy atom. The lowest BCUT2D eigenvalue weighted by atomic mass is 9.81. The van der Waals surface area contributed by atoms with Gasteiger partial charge in [0.2, 0.25) is 5.91 Å². The van der Waals surface area contributed by atoms with E-state index in [0.717, 1.165) is 45.0 Å². The number of hydrogen-bond acceptors (Lipinski definition) is 4. The number of fused-ring (bicyclic) bond motifs is 1. The van der Waals surface area contributed by atoms with E-state index in [4.69, 9.17) is 4.74 Å². The van der Waals surface area contributed by atoms with Gasteiger partial charge in [0.05, 0.1) is 7.11 Å². The molecule has 182 valence electrons. The van der Waals surface area contributed by atoms with Crippen LogP contribution in [0.15, 0.2) is 84.9 Å². The van der Waals surface area contributed by atoms with Gasteiger partial charge in [0, 0.05) is 69.8 Å². The maximum atomic E-state index is 12.3.